The van der Waals surface area contributed by atoms with Crippen molar-refractivity contribution < 1.29 is 42.1 Å². The van der Waals surface area contributed by atoms with Crippen molar-refractivity contribution in [2.75, 3.05) is 47.5 Å². The third-order valence-corrected chi connectivity index (χ3v) is 6.54. The molecule has 9 nitrogen and oxygen atoms in total. The van der Waals surface area contributed by atoms with Gasteiger partial charge in [-0.05, 0) is 32.1 Å². The second kappa shape index (κ2) is 21.7. The van der Waals surface area contributed by atoms with E-state index in [1.165, 1.54) is 0 Å². The van der Waals surface area contributed by atoms with Gasteiger partial charge in [-0.25, -0.2) is 4.57 Å². The standard InChI is InChI=1S/C27H52NO8P/c1-6-8-10-12-13-14-15-16-18-20-27(30)36-25(23-33-26(29)19-17-11-9-7-2)24-35-37(31,32)34-22-21-28(3,4)5/h8,10,25H,6-7,9,11-24H2,1-5H3/p+1/b10-8+/t25-/m0/s1. The number of rotatable bonds is 24. The van der Waals surface area contributed by atoms with Gasteiger partial charge in [-0.3, -0.25) is 18.6 Å². The first-order valence-electron chi connectivity index (χ1n) is 13.9. The molecule has 10 heteroatoms. The molecule has 0 aromatic heterocycles. The Hall–Kier alpha value is -1.25. The zero-order valence-corrected chi connectivity index (χ0v) is 24.8. The number of unbranched alkanes of at least 4 members (excludes halogenated alkanes) is 8. The molecule has 2 atom stereocenters. The lowest BCUT2D eigenvalue weighted by Crippen LogP contribution is -2.37. The molecule has 37 heavy (non-hydrogen) atoms. The molecule has 218 valence electrons. The van der Waals surface area contributed by atoms with E-state index in [9.17, 15) is 19.0 Å². The van der Waals surface area contributed by atoms with Crippen LogP contribution in [0.25, 0.3) is 0 Å². The Labute approximate surface area is 225 Å². The first-order chi connectivity index (χ1) is 17.5. The Bertz CT molecular complexity index is 678. The summed E-state index contributed by atoms with van der Waals surface area (Å²) in [5.74, 6) is -0.838. The smallest absolute Gasteiger partial charge is 0.462 e. The van der Waals surface area contributed by atoms with Gasteiger partial charge in [0.05, 0.1) is 27.7 Å². The summed E-state index contributed by atoms with van der Waals surface area (Å²) in [5.41, 5.74) is 0. The zero-order chi connectivity index (χ0) is 28.0. The van der Waals surface area contributed by atoms with Crippen LogP contribution in [0.1, 0.15) is 97.3 Å². The molecule has 0 fully saturated rings. The van der Waals surface area contributed by atoms with Gasteiger partial charge in [0.25, 0.3) is 0 Å². The summed E-state index contributed by atoms with van der Waals surface area (Å²) in [7, 11) is 1.46. The lowest BCUT2D eigenvalue weighted by molar-refractivity contribution is -0.870. The van der Waals surface area contributed by atoms with Crippen molar-refractivity contribution >= 4 is 19.8 Å². The van der Waals surface area contributed by atoms with Crippen molar-refractivity contribution in [1.82, 2.24) is 0 Å². The van der Waals surface area contributed by atoms with Crippen LogP contribution in [0.4, 0.5) is 0 Å². The number of hydrogen-bond donors (Lipinski definition) is 1. The Kier molecular flexibility index (Phi) is 20.9. The minimum atomic E-state index is -4.34. The number of esters is 2. The maximum atomic E-state index is 12.4. The number of ether oxygens (including phenoxy) is 2. The number of likely N-dealkylation sites (N-methyl/N-ethyl adjacent to an activating group) is 1. The highest BCUT2D eigenvalue weighted by molar-refractivity contribution is 7.47. The molecule has 0 bridgehead atoms. The van der Waals surface area contributed by atoms with E-state index in [4.69, 9.17) is 18.5 Å². The molecule has 0 aliphatic heterocycles. The average Bonchev–Trinajstić information content (AvgIpc) is 2.81. The van der Waals surface area contributed by atoms with Gasteiger partial charge < -0.3 is 18.9 Å². The molecule has 0 amide bonds. The van der Waals surface area contributed by atoms with E-state index in [2.05, 4.69) is 26.0 Å². The minimum Gasteiger partial charge on any atom is -0.462 e. The number of carbonyl (C=O) groups excluding carboxylic acids is 2. The predicted molar refractivity (Wildman–Crippen MR) is 146 cm³/mol. The quantitative estimate of drug-likeness (QED) is 0.0517. The van der Waals surface area contributed by atoms with Crippen LogP contribution in [-0.2, 0) is 32.7 Å². The Morgan fingerprint density at radius 2 is 1.46 bits per heavy atom. The Morgan fingerprint density at radius 1 is 0.838 bits per heavy atom. The van der Waals surface area contributed by atoms with Crippen molar-refractivity contribution in [1.29, 1.82) is 0 Å². The number of allylic oxidation sites excluding steroid dienone is 2. The van der Waals surface area contributed by atoms with Crippen molar-refractivity contribution in [3.63, 3.8) is 0 Å². The number of quaternary nitrogens is 1. The molecule has 0 radical (unpaired) electrons. The van der Waals surface area contributed by atoms with Crippen molar-refractivity contribution in [2.45, 2.75) is 103 Å². The van der Waals surface area contributed by atoms with Gasteiger partial charge in [0.2, 0.25) is 0 Å². The summed E-state index contributed by atoms with van der Waals surface area (Å²) < 4.78 is 33.6. The molecule has 0 spiro atoms. The molecule has 1 N–H and O–H groups in total. The van der Waals surface area contributed by atoms with Crippen LogP contribution in [0.2, 0.25) is 0 Å². The van der Waals surface area contributed by atoms with E-state index in [-0.39, 0.29) is 26.1 Å². The normalized spacial score (nSPS) is 14.4. The van der Waals surface area contributed by atoms with Gasteiger partial charge in [0, 0.05) is 12.8 Å². The molecular formula is C27H53NO8P+. The molecule has 0 aromatic carbocycles. The Balaban J connectivity index is 4.57. The van der Waals surface area contributed by atoms with Gasteiger partial charge >= 0.3 is 19.8 Å². The van der Waals surface area contributed by atoms with Crippen LogP contribution in [0.5, 0.6) is 0 Å². The molecule has 0 rings (SSSR count). The third kappa shape index (κ3) is 24.8. The van der Waals surface area contributed by atoms with E-state index in [1.807, 2.05) is 21.1 Å². The van der Waals surface area contributed by atoms with E-state index in [0.29, 0.717) is 17.4 Å². The second-order valence-corrected chi connectivity index (χ2v) is 11.9. The van der Waals surface area contributed by atoms with E-state index in [0.717, 1.165) is 64.2 Å². The summed E-state index contributed by atoms with van der Waals surface area (Å²) in [6.07, 6.45) is 14.8. The fourth-order valence-electron chi connectivity index (χ4n) is 3.31. The average molecular weight is 551 g/mol. The first kappa shape index (κ1) is 35.8. The van der Waals surface area contributed by atoms with E-state index < -0.39 is 32.5 Å². The summed E-state index contributed by atoms with van der Waals surface area (Å²) in [6.45, 7) is 4.12. The molecule has 0 aliphatic rings. The number of carbonyl (C=O) groups is 2. The highest BCUT2D eigenvalue weighted by Gasteiger charge is 2.27. The van der Waals surface area contributed by atoms with Crippen LogP contribution in [0.15, 0.2) is 12.2 Å². The highest BCUT2D eigenvalue weighted by Crippen LogP contribution is 2.43. The molecule has 0 aromatic rings. The molecular weight excluding hydrogens is 497 g/mol. The maximum Gasteiger partial charge on any atom is 0.472 e. The topological polar surface area (TPSA) is 108 Å². The van der Waals surface area contributed by atoms with Crippen molar-refractivity contribution in [2.24, 2.45) is 0 Å². The number of nitrogens with zero attached hydrogens (tertiary/aromatic N) is 1. The Morgan fingerprint density at radius 3 is 2.11 bits per heavy atom. The summed E-state index contributed by atoms with van der Waals surface area (Å²) in [4.78, 5) is 34.4. The summed E-state index contributed by atoms with van der Waals surface area (Å²) in [6, 6.07) is 0. The fourth-order valence-corrected chi connectivity index (χ4v) is 4.05. The van der Waals surface area contributed by atoms with Gasteiger partial charge in [-0.15, -0.1) is 0 Å². The SMILES string of the molecule is CC/C=C/CCCCCCCC(=O)O[C@@H](COC(=O)CCCCCC)COP(=O)(O)OCC[N+](C)(C)C. The lowest BCUT2D eigenvalue weighted by atomic mass is 10.1. The molecule has 0 heterocycles. The monoisotopic (exact) mass is 550 g/mol. The van der Waals surface area contributed by atoms with Crippen molar-refractivity contribution in [3.8, 4) is 0 Å². The molecule has 0 saturated carbocycles. The minimum absolute atomic E-state index is 0.0311. The van der Waals surface area contributed by atoms with Crippen LogP contribution in [0.3, 0.4) is 0 Å². The van der Waals surface area contributed by atoms with Crippen LogP contribution < -0.4 is 0 Å². The summed E-state index contributed by atoms with van der Waals surface area (Å²) in [5, 5.41) is 0. The molecule has 0 saturated heterocycles. The number of phosphoric acid groups is 1. The highest BCUT2D eigenvalue weighted by atomic mass is 31.2. The van der Waals surface area contributed by atoms with Gasteiger partial charge in [0.1, 0.15) is 19.8 Å². The van der Waals surface area contributed by atoms with Crippen LogP contribution in [0, 0.1) is 0 Å². The third-order valence-electron chi connectivity index (χ3n) is 5.56. The fraction of sp³-hybridized carbons (Fsp3) is 0.852. The van der Waals surface area contributed by atoms with Crippen LogP contribution >= 0.6 is 7.82 Å². The van der Waals surface area contributed by atoms with E-state index in [1.54, 1.807) is 0 Å². The van der Waals surface area contributed by atoms with Gasteiger partial charge in [-0.2, -0.15) is 0 Å². The first-order valence-corrected chi connectivity index (χ1v) is 15.4. The number of hydrogen-bond acceptors (Lipinski definition) is 7. The molecule has 1 unspecified atom stereocenters. The van der Waals surface area contributed by atoms with Gasteiger partial charge in [0.15, 0.2) is 6.10 Å². The van der Waals surface area contributed by atoms with Crippen LogP contribution in [-0.4, -0.2) is 74.9 Å². The van der Waals surface area contributed by atoms with Gasteiger partial charge in [-0.1, -0.05) is 64.5 Å². The predicted octanol–water partition coefficient (Wildman–Crippen LogP) is 5.95. The zero-order valence-electron chi connectivity index (χ0n) is 24.0. The molecule has 0 aliphatic carbocycles. The van der Waals surface area contributed by atoms with E-state index >= 15 is 0 Å². The summed E-state index contributed by atoms with van der Waals surface area (Å²) >= 11 is 0. The largest absolute Gasteiger partial charge is 0.472 e. The lowest BCUT2D eigenvalue weighted by Gasteiger charge is -2.24. The second-order valence-electron chi connectivity index (χ2n) is 10.4. The number of phosphoric ester groups is 1. The maximum absolute atomic E-state index is 12.4. The van der Waals surface area contributed by atoms with Crippen molar-refractivity contribution in [3.05, 3.63) is 12.2 Å².